The fraction of sp³-hybridized carbons (Fsp3) is 0.600. The molecule has 0 aliphatic heterocycles. The zero-order valence-electron chi connectivity index (χ0n) is 4.59. The fourth-order valence-electron chi connectivity index (χ4n) is 0.214. The van der Waals surface area contributed by atoms with Crippen molar-refractivity contribution in [1.29, 1.82) is 0 Å². The van der Waals surface area contributed by atoms with E-state index in [1.165, 1.54) is 0 Å². The van der Waals surface area contributed by atoms with Crippen molar-refractivity contribution in [2.24, 2.45) is 5.73 Å². The Hall–Kier alpha value is 0.160. The molecule has 0 spiro atoms. The Morgan fingerprint density at radius 2 is 2.25 bits per heavy atom. The van der Waals surface area contributed by atoms with E-state index < -0.39 is 0 Å². The maximum atomic E-state index is 5.18. The standard InChI is InChI=1S/C5H9NS.ClH/c1-2-4-7-5-3-6;/h1H,3-6H2;1H. The lowest BCUT2D eigenvalue weighted by Gasteiger charge is -1.87. The molecule has 3 heteroatoms. The molecule has 8 heavy (non-hydrogen) atoms. The molecule has 0 aromatic rings. The summed E-state index contributed by atoms with van der Waals surface area (Å²) < 4.78 is 0. The quantitative estimate of drug-likeness (QED) is 0.476. The molecule has 1 nitrogen and oxygen atoms in total. The zero-order valence-corrected chi connectivity index (χ0v) is 6.23. The Labute approximate surface area is 60.8 Å². The molecule has 0 atom stereocenters. The fourth-order valence-corrected chi connectivity index (χ4v) is 0.643. The number of nitrogens with two attached hydrogens (primary N) is 1. The summed E-state index contributed by atoms with van der Waals surface area (Å²) in [6.45, 7) is 0.729. The normalized spacial score (nSPS) is 7.00. The summed E-state index contributed by atoms with van der Waals surface area (Å²) in [6, 6.07) is 0. The topological polar surface area (TPSA) is 26.0 Å². The van der Waals surface area contributed by atoms with Crippen LogP contribution in [-0.2, 0) is 0 Å². The van der Waals surface area contributed by atoms with Crippen molar-refractivity contribution in [2.45, 2.75) is 0 Å². The van der Waals surface area contributed by atoms with E-state index in [2.05, 4.69) is 5.92 Å². The van der Waals surface area contributed by atoms with Gasteiger partial charge in [0, 0.05) is 12.3 Å². The molecule has 0 aliphatic carbocycles. The Bertz CT molecular complexity index is 69.3. The molecule has 0 radical (unpaired) electrons. The maximum Gasteiger partial charge on any atom is 0.0545 e. The molecule has 0 aromatic heterocycles. The van der Waals surface area contributed by atoms with Gasteiger partial charge in [0.25, 0.3) is 0 Å². The minimum absolute atomic E-state index is 0. The number of thioether (sulfide) groups is 1. The third kappa shape index (κ3) is 9.48. The highest BCUT2D eigenvalue weighted by atomic mass is 35.5. The summed E-state index contributed by atoms with van der Waals surface area (Å²) in [6.07, 6.45) is 4.96. The number of terminal acetylenes is 1. The predicted molar refractivity (Wildman–Crippen MR) is 42.5 cm³/mol. The van der Waals surface area contributed by atoms with Gasteiger partial charge < -0.3 is 5.73 Å². The van der Waals surface area contributed by atoms with Gasteiger partial charge >= 0.3 is 0 Å². The smallest absolute Gasteiger partial charge is 0.0545 e. The van der Waals surface area contributed by atoms with Gasteiger partial charge in [-0.3, -0.25) is 0 Å². The second kappa shape index (κ2) is 10.2. The first kappa shape index (κ1) is 11.0. The lowest BCUT2D eigenvalue weighted by Crippen LogP contribution is -2.01. The van der Waals surface area contributed by atoms with Crippen molar-refractivity contribution in [1.82, 2.24) is 0 Å². The van der Waals surface area contributed by atoms with Crippen molar-refractivity contribution >= 4 is 24.2 Å². The van der Waals surface area contributed by atoms with Crippen LogP contribution in [0.25, 0.3) is 0 Å². The van der Waals surface area contributed by atoms with Crippen LogP contribution < -0.4 is 5.73 Å². The Kier molecular flexibility index (Phi) is 14.1. The van der Waals surface area contributed by atoms with Gasteiger partial charge in [-0.25, -0.2) is 0 Å². The van der Waals surface area contributed by atoms with E-state index in [-0.39, 0.29) is 12.4 Å². The SMILES string of the molecule is C#CCSCCN.Cl. The molecule has 48 valence electrons. The lowest BCUT2D eigenvalue weighted by atomic mass is 10.8. The number of rotatable bonds is 3. The van der Waals surface area contributed by atoms with Crippen LogP contribution in [0.4, 0.5) is 0 Å². The average Bonchev–Trinajstić information content (AvgIpc) is 1.69. The molecule has 0 aliphatic rings. The first-order valence-electron chi connectivity index (χ1n) is 2.13. The van der Waals surface area contributed by atoms with Crippen LogP contribution in [0.3, 0.4) is 0 Å². The first-order valence-corrected chi connectivity index (χ1v) is 3.28. The van der Waals surface area contributed by atoms with Crippen LogP contribution in [0.5, 0.6) is 0 Å². The van der Waals surface area contributed by atoms with Gasteiger partial charge in [-0.2, -0.15) is 0 Å². The van der Waals surface area contributed by atoms with E-state index in [0.29, 0.717) is 0 Å². The summed E-state index contributed by atoms with van der Waals surface area (Å²) in [5, 5.41) is 0. The highest BCUT2D eigenvalue weighted by molar-refractivity contribution is 7.99. The maximum absolute atomic E-state index is 5.18. The van der Waals surface area contributed by atoms with E-state index in [1.807, 2.05) is 0 Å². The van der Waals surface area contributed by atoms with E-state index in [1.54, 1.807) is 11.8 Å². The highest BCUT2D eigenvalue weighted by Crippen LogP contribution is 1.93. The molecule has 0 rings (SSSR count). The molecular weight excluding hydrogens is 142 g/mol. The van der Waals surface area contributed by atoms with Gasteiger partial charge in [-0.1, -0.05) is 5.92 Å². The molecule has 0 amide bonds. The van der Waals surface area contributed by atoms with Gasteiger partial charge in [0.2, 0.25) is 0 Å². The molecule has 2 N–H and O–H groups in total. The number of hydrogen-bond acceptors (Lipinski definition) is 2. The van der Waals surface area contributed by atoms with Gasteiger partial charge in [-0.05, 0) is 0 Å². The summed E-state index contributed by atoms with van der Waals surface area (Å²) >= 11 is 1.69. The van der Waals surface area contributed by atoms with Crippen molar-refractivity contribution in [3.8, 4) is 12.3 Å². The zero-order chi connectivity index (χ0) is 5.54. The largest absolute Gasteiger partial charge is 0.330 e. The molecular formula is C5H10ClNS. The second-order valence-corrected chi connectivity index (χ2v) is 2.15. The molecule has 0 saturated heterocycles. The number of halogens is 1. The Morgan fingerprint density at radius 3 is 2.62 bits per heavy atom. The van der Waals surface area contributed by atoms with Gasteiger partial charge in [0.1, 0.15) is 0 Å². The molecule has 0 bridgehead atoms. The highest BCUT2D eigenvalue weighted by Gasteiger charge is 1.77. The molecule has 0 saturated carbocycles. The van der Waals surface area contributed by atoms with E-state index in [0.717, 1.165) is 18.1 Å². The van der Waals surface area contributed by atoms with Crippen LogP contribution in [0.2, 0.25) is 0 Å². The van der Waals surface area contributed by atoms with Gasteiger partial charge in [0.15, 0.2) is 0 Å². The minimum Gasteiger partial charge on any atom is -0.330 e. The average molecular weight is 152 g/mol. The van der Waals surface area contributed by atoms with Crippen molar-refractivity contribution in [3.63, 3.8) is 0 Å². The van der Waals surface area contributed by atoms with Crippen molar-refractivity contribution < 1.29 is 0 Å². The van der Waals surface area contributed by atoms with Crippen molar-refractivity contribution in [2.75, 3.05) is 18.1 Å². The summed E-state index contributed by atoms with van der Waals surface area (Å²) in [5.74, 6) is 4.28. The van der Waals surface area contributed by atoms with E-state index in [4.69, 9.17) is 12.2 Å². The summed E-state index contributed by atoms with van der Waals surface area (Å²) in [4.78, 5) is 0. The third-order valence-electron chi connectivity index (χ3n) is 0.448. The van der Waals surface area contributed by atoms with Crippen LogP contribution in [0.15, 0.2) is 0 Å². The molecule has 0 unspecified atom stereocenters. The van der Waals surface area contributed by atoms with Crippen LogP contribution >= 0.6 is 24.2 Å². The van der Waals surface area contributed by atoms with E-state index in [9.17, 15) is 0 Å². The van der Waals surface area contributed by atoms with Gasteiger partial charge in [-0.15, -0.1) is 30.6 Å². The Balaban J connectivity index is 0. The first-order chi connectivity index (χ1) is 3.41. The molecule has 0 aromatic carbocycles. The number of hydrogen-bond donors (Lipinski definition) is 1. The predicted octanol–water partition coefficient (Wildman–Crippen LogP) is 0.733. The third-order valence-corrected chi connectivity index (χ3v) is 1.34. The monoisotopic (exact) mass is 151 g/mol. The molecule has 0 fully saturated rings. The van der Waals surface area contributed by atoms with Crippen LogP contribution in [0, 0.1) is 12.3 Å². The van der Waals surface area contributed by atoms with Crippen LogP contribution in [-0.4, -0.2) is 18.1 Å². The van der Waals surface area contributed by atoms with Gasteiger partial charge in [0.05, 0.1) is 5.75 Å². The minimum atomic E-state index is 0. The second-order valence-electron chi connectivity index (χ2n) is 1.05. The lowest BCUT2D eigenvalue weighted by molar-refractivity contribution is 1.15. The summed E-state index contributed by atoms with van der Waals surface area (Å²) in [5.41, 5.74) is 5.18. The van der Waals surface area contributed by atoms with E-state index >= 15 is 0 Å². The molecule has 0 heterocycles. The van der Waals surface area contributed by atoms with Crippen LogP contribution in [0.1, 0.15) is 0 Å². The summed E-state index contributed by atoms with van der Waals surface area (Å²) in [7, 11) is 0. The van der Waals surface area contributed by atoms with Crippen molar-refractivity contribution in [3.05, 3.63) is 0 Å². The Morgan fingerprint density at radius 1 is 1.62 bits per heavy atom.